The molecule has 0 radical (unpaired) electrons. The monoisotopic (exact) mass is 260 g/mol. The summed E-state index contributed by atoms with van der Waals surface area (Å²) >= 11 is 1.68. The molecule has 0 amide bonds. The zero-order valence-electron chi connectivity index (χ0n) is 10.1. The minimum Gasteiger partial charge on any atom is -0.339 e. The summed E-state index contributed by atoms with van der Waals surface area (Å²) in [5, 5.41) is 4.17. The summed E-state index contributed by atoms with van der Waals surface area (Å²) in [6.07, 6.45) is 4.05. The Morgan fingerprint density at radius 1 is 1.39 bits per heavy atom. The number of anilines is 1. The molecule has 1 aliphatic rings. The number of nitrogens with zero attached hydrogens (tertiary/aromatic N) is 3. The first kappa shape index (κ1) is 11.6. The van der Waals surface area contributed by atoms with Crippen molar-refractivity contribution in [3.63, 3.8) is 0 Å². The van der Waals surface area contributed by atoms with Gasteiger partial charge in [-0.25, -0.2) is 9.97 Å². The summed E-state index contributed by atoms with van der Waals surface area (Å²) in [5.74, 6) is 0.800. The number of hydrogen-bond acceptors (Lipinski definition) is 5. The van der Waals surface area contributed by atoms with Crippen molar-refractivity contribution in [1.29, 1.82) is 0 Å². The van der Waals surface area contributed by atoms with E-state index in [1.54, 1.807) is 11.3 Å². The van der Waals surface area contributed by atoms with Crippen molar-refractivity contribution in [2.75, 3.05) is 18.0 Å². The Hall–Kier alpha value is -1.46. The Morgan fingerprint density at radius 3 is 3.11 bits per heavy atom. The predicted octanol–water partition coefficient (Wildman–Crippen LogP) is 2.13. The van der Waals surface area contributed by atoms with E-state index in [9.17, 15) is 0 Å². The summed E-state index contributed by atoms with van der Waals surface area (Å²) in [6.45, 7) is 1.86. The lowest BCUT2D eigenvalue weighted by Gasteiger charge is -2.30. The number of nitrogens with two attached hydrogens (primary N) is 1. The average molecular weight is 260 g/mol. The van der Waals surface area contributed by atoms with Gasteiger partial charge < -0.3 is 10.6 Å². The van der Waals surface area contributed by atoms with Crippen molar-refractivity contribution in [3.8, 4) is 11.3 Å². The number of aromatic nitrogens is 2. The van der Waals surface area contributed by atoms with Crippen molar-refractivity contribution < 1.29 is 0 Å². The maximum atomic E-state index is 6.00. The highest BCUT2D eigenvalue weighted by atomic mass is 32.1. The van der Waals surface area contributed by atoms with E-state index in [1.165, 1.54) is 0 Å². The lowest BCUT2D eigenvalue weighted by atomic mass is 10.1. The smallest absolute Gasteiger partial charge is 0.225 e. The largest absolute Gasteiger partial charge is 0.339 e. The van der Waals surface area contributed by atoms with Crippen molar-refractivity contribution in [2.45, 2.75) is 18.9 Å². The Morgan fingerprint density at radius 2 is 2.33 bits per heavy atom. The van der Waals surface area contributed by atoms with Crippen LogP contribution in [-0.4, -0.2) is 29.1 Å². The molecule has 3 rings (SSSR count). The second-order valence-electron chi connectivity index (χ2n) is 4.60. The van der Waals surface area contributed by atoms with Crippen LogP contribution in [0.4, 0.5) is 5.95 Å². The van der Waals surface area contributed by atoms with Crippen molar-refractivity contribution in [2.24, 2.45) is 5.73 Å². The van der Waals surface area contributed by atoms with E-state index in [4.69, 9.17) is 5.73 Å². The SMILES string of the molecule is NC1CCCN(c2nccc(-c3ccsc3)n2)C1. The first-order chi connectivity index (χ1) is 8.83. The van der Waals surface area contributed by atoms with E-state index in [0.717, 1.165) is 43.1 Å². The highest BCUT2D eigenvalue weighted by Gasteiger charge is 2.19. The molecule has 4 nitrogen and oxygen atoms in total. The summed E-state index contributed by atoms with van der Waals surface area (Å²) in [6, 6.07) is 4.28. The first-order valence-electron chi connectivity index (χ1n) is 6.19. The van der Waals surface area contributed by atoms with Crippen LogP contribution in [0.5, 0.6) is 0 Å². The quantitative estimate of drug-likeness (QED) is 0.898. The number of hydrogen-bond donors (Lipinski definition) is 1. The fourth-order valence-electron chi connectivity index (χ4n) is 2.26. The van der Waals surface area contributed by atoms with Gasteiger partial charge in [0.2, 0.25) is 5.95 Å². The lowest BCUT2D eigenvalue weighted by Crippen LogP contribution is -2.43. The van der Waals surface area contributed by atoms with Crippen LogP contribution in [0.25, 0.3) is 11.3 Å². The van der Waals surface area contributed by atoms with Crippen LogP contribution >= 0.6 is 11.3 Å². The lowest BCUT2D eigenvalue weighted by molar-refractivity contribution is 0.500. The minimum atomic E-state index is 0.243. The van der Waals surface area contributed by atoms with Gasteiger partial charge in [-0.2, -0.15) is 11.3 Å². The molecule has 2 aromatic heterocycles. The highest BCUT2D eigenvalue weighted by molar-refractivity contribution is 7.08. The van der Waals surface area contributed by atoms with Gasteiger partial charge in [0, 0.05) is 36.3 Å². The van der Waals surface area contributed by atoms with Crippen molar-refractivity contribution in [1.82, 2.24) is 9.97 Å². The van der Waals surface area contributed by atoms with Gasteiger partial charge in [-0.05, 0) is 30.4 Å². The van der Waals surface area contributed by atoms with Gasteiger partial charge in [-0.1, -0.05) is 0 Å². The minimum absolute atomic E-state index is 0.243. The molecule has 1 aliphatic heterocycles. The number of rotatable bonds is 2. The molecule has 0 aromatic carbocycles. The molecule has 2 N–H and O–H groups in total. The van der Waals surface area contributed by atoms with E-state index in [1.807, 2.05) is 12.3 Å². The molecule has 0 spiro atoms. The molecule has 1 atom stereocenters. The molecule has 0 bridgehead atoms. The Balaban J connectivity index is 1.86. The van der Waals surface area contributed by atoms with Crippen molar-refractivity contribution >= 4 is 17.3 Å². The highest BCUT2D eigenvalue weighted by Crippen LogP contribution is 2.22. The molecule has 3 heterocycles. The zero-order chi connectivity index (χ0) is 12.4. The molecular weight excluding hydrogens is 244 g/mol. The third-order valence-corrected chi connectivity index (χ3v) is 3.88. The summed E-state index contributed by atoms with van der Waals surface area (Å²) in [4.78, 5) is 11.2. The molecule has 2 aromatic rings. The molecule has 1 fully saturated rings. The normalized spacial score (nSPS) is 20.1. The summed E-state index contributed by atoms with van der Waals surface area (Å²) in [5.41, 5.74) is 8.14. The Kier molecular flexibility index (Phi) is 3.25. The van der Waals surface area contributed by atoms with E-state index in [2.05, 4.69) is 31.7 Å². The molecule has 18 heavy (non-hydrogen) atoms. The predicted molar refractivity (Wildman–Crippen MR) is 74.8 cm³/mol. The molecule has 0 aliphatic carbocycles. The van der Waals surface area contributed by atoms with Crippen molar-refractivity contribution in [3.05, 3.63) is 29.1 Å². The second-order valence-corrected chi connectivity index (χ2v) is 5.38. The molecule has 1 saturated heterocycles. The first-order valence-corrected chi connectivity index (χ1v) is 7.13. The van der Waals surface area contributed by atoms with Gasteiger partial charge in [0.05, 0.1) is 5.69 Å². The van der Waals surface area contributed by atoms with E-state index in [-0.39, 0.29) is 6.04 Å². The third kappa shape index (κ3) is 2.37. The number of thiophene rings is 1. The van der Waals surface area contributed by atoms with Crippen LogP contribution < -0.4 is 10.6 Å². The zero-order valence-corrected chi connectivity index (χ0v) is 10.9. The topological polar surface area (TPSA) is 55.0 Å². The van der Waals surface area contributed by atoms with Crippen LogP contribution in [-0.2, 0) is 0 Å². The van der Waals surface area contributed by atoms with Crippen LogP contribution in [0.2, 0.25) is 0 Å². The molecule has 1 unspecified atom stereocenters. The maximum Gasteiger partial charge on any atom is 0.225 e. The van der Waals surface area contributed by atoms with Gasteiger partial charge in [0.25, 0.3) is 0 Å². The van der Waals surface area contributed by atoms with Gasteiger partial charge in [0.15, 0.2) is 0 Å². The average Bonchev–Trinajstić information content (AvgIpc) is 2.93. The molecule has 94 valence electrons. The van der Waals surface area contributed by atoms with Crippen LogP contribution in [0.1, 0.15) is 12.8 Å². The molecule has 5 heteroatoms. The molecular formula is C13H16N4S. The summed E-state index contributed by atoms with van der Waals surface area (Å²) in [7, 11) is 0. The second kappa shape index (κ2) is 5.04. The standard InChI is InChI=1S/C13H16N4S/c14-11-2-1-6-17(8-11)13-15-5-3-12(16-13)10-4-7-18-9-10/h3-5,7,9,11H,1-2,6,8,14H2. The van der Waals surface area contributed by atoms with Crippen LogP contribution in [0.3, 0.4) is 0 Å². The fourth-order valence-corrected chi connectivity index (χ4v) is 2.91. The maximum absolute atomic E-state index is 6.00. The summed E-state index contributed by atoms with van der Waals surface area (Å²) < 4.78 is 0. The number of piperidine rings is 1. The fraction of sp³-hybridized carbons (Fsp3) is 0.385. The third-order valence-electron chi connectivity index (χ3n) is 3.20. The van der Waals surface area contributed by atoms with Gasteiger partial charge in [-0.3, -0.25) is 0 Å². The van der Waals surface area contributed by atoms with Gasteiger partial charge in [0.1, 0.15) is 0 Å². The van der Waals surface area contributed by atoms with Crippen LogP contribution in [0, 0.1) is 0 Å². The van der Waals surface area contributed by atoms with Gasteiger partial charge in [-0.15, -0.1) is 0 Å². The van der Waals surface area contributed by atoms with E-state index in [0.29, 0.717) is 0 Å². The van der Waals surface area contributed by atoms with E-state index < -0.39 is 0 Å². The van der Waals surface area contributed by atoms with E-state index >= 15 is 0 Å². The Bertz CT molecular complexity index is 511. The van der Waals surface area contributed by atoms with Gasteiger partial charge >= 0.3 is 0 Å². The molecule has 0 saturated carbocycles. The van der Waals surface area contributed by atoms with Crippen LogP contribution in [0.15, 0.2) is 29.1 Å². The Labute approximate surface area is 110 Å².